The van der Waals surface area contributed by atoms with Crippen molar-refractivity contribution in [2.24, 2.45) is 0 Å². The normalized spacial score (nSPS) is 26.1. The van der Waals surface area contributed by atoms with Crippen LogP contribution in [-0.4, -0.2) is 72.6 Å². The number of rotatable bonds is 5. The Labute approximate surface area is 103 Å². The summed E-state index contributed by atoms with van der Waals surface area (Å²) in [5.74, 6) is 1.83. The van der Waals surface area contributed by atoms with Crippen molar-refractivity contribution in [3.05, 3.63) is 0 Å². The van der Waals surface area contributed by atoms with Crippen LogP contribution in [0.2, 0.25) is 0 Å². The van der Waals surface area contributed by atoms with Crippen molar-refractivity contribution < 1.29 is 25.5 Å². The first-order valence-corrected chi connectivity index (χ1v) is 7.24. The number of hydrogen-bond donors (Lipinski definition) is 5. The fraction of sp³-hybridized carbons (Fsp3) is 1.00. The fourth-order valence-electron chi connectivity index (χ4n) is 1.40. The van der Waals surface area contributed by atoms with Crippen molar-refractivity contribution in [3.63, 3.8) is 0 Å². The first kappa shape index (κ1) is 14.6. The van der Waals surface area contributed by atoms with E-state index in [2.05, 4.69) is 0 Å². The average Bonchev–Trinajstić information content (AvgIpc) is 2.36. The highest BCUT2D eigenvalue weighted by molar-refractivity contribution is 8.17. The highest BCUT2D eigenvalue weighted by Crippen LogP contribution is 2.34. The molecule has 1 aliphatic rings. The van der Waals surface area contributed by atoms with Crippen LogP contribution in [0.5, 0.6) is 0 Å². The Morgan fingerprint density at radius 3 is 2.06 bits per heavy atom. The molecule has 16 heavy (non-hydrogen) atoms. The smallest absolute Gasteiger partial charge is 0.111 e. The fourth-order valence-corrected chi connectivity index (χ4v) is 4.35. The van der Waals surface area contributed by atoms with E-state index in [1.807, 2.05) is 0 Å². The molecule has 0 saturated carbocycles. The minimum absolute atomic E-state index is 0.190. The molecule has 5 N–H and O–H groups in total. The third kappa shape index (κ3) is 3.76. The molecule has 1 rings (SSSR count). The zero-order valence-corrected chi connectivity index (χ0v) is 10.4. The summed E-state index contributed by atoms with van der Waals surface area (Å²) in [5, 5.41) is 46.7. The second kappa shape index (κ2) is 7.05. The molecular weight excluding hydrogens is 252 g/mol. The summed E-state index contributed by atoms with van der Waals surface area (Å²) in [6, 6.07) is 0. The van der Waals surface area contributed by atoms with Gasteiger partial charge in [0.1, 0.15) is 24.4 Å². The molecule has 5 nitrogen and oxygen atoms in total. The van der Waals surface area contributed by atoms with E-state index in [0.717, 1.165) is 17.9 Å². The molecular formula is C9H18O5S2. The predicted octanol–water partition coefficient (Wildman–Crippen LogP) is -1.38. The summed E-state index contributed by atoms with van der Waals surface area (Å²) < 4.78 is -0.190. The molecule has 1 saturated heterocycles. The maximum atomic E-state index is 9.81. The number of thioether (sulfide) groups is 2. The zero-order chi connectivity index (χ0) is 12.1. The van der Waals surface area contributed by atoms with Crippen LogP contribution >= 0.6 is 23.5 Å². The van der Waals surface area contributed by atoms with Crippen LogP contribution in [-0.2, 0) is 0 Å². The first-order chi connectivity index (χ1) is 7.57. The Bertz CT molecular complexity index is 194. The largest absolute Gasteiger partial charge is 0.394 e. The van der Waals surface area contributed by atoms with Gasteiger partial charge in [-0.15, -0.1) is 23.5 Å². The molecule has 96 valence electrons. The molecule has 0 aromatic heterocycles. The predicted molar refractivity (Wildman–Crippen MR) is 64.4 cm³/mol. The average molecular weight is 270 g/mol. The molecule has 4 atom stereocenters. The second-order valence-electron chi connectivity index (χ2n) is 3.69. The molecule has 0 bridgehead atoms. The van der Waals surface area contributed by atoms with E-state index in [4.69, 9.17) is 10.2 Å². The van der Waals surface area contributed by atoms with E-state index in [0.29, 0.717) is 0 Å². The van der Waals surface area contributed by atoms with Crippen molar-refractivity contribution in [1.82, 2.24) is 0 Å². The molecule has 1 aliphatic heterocycles. The standard InChI is InChI=1S/C9H18O5S2/c10-4-5(11)6(12)7(13)8(14)9-15-2-1-3-16-9/h5-14H,1-4H2/t5-,6+,7-,8-/m0/s1. The van der Waals surface area contributed by atoms with Gasteiger partial charge >= 0.3 is 0 Å². The van der Waals surface area contributed by atoms with Gasteiger partial charge in [-0.05, 0) is 17.9 Å². The van der Waals surface area contributed by atoms with Gasteiger partial charge in [0.2, 0.25) is 0 Å². The highest BCUT2D eigenvalue weighted by atomic mass is 32.2. The van der Waals surface area contributed by atoms with E-state index < -0.39 is 31.0 Å². The molecule has 0 aromatic rings. The maximum absolute atomic E-state index is 9.81. The topological polar surface area (TPSA) is 101 Å². The number of aliphatic hydroxyl groups excluding tert-OH is 5. The molecule has 0 radical (unpaired) electrons. The Balaban J connectivity index is 2.47. The van der Waals surface area contributed by atoms with E-state index in [1.165, 1.54) is 23.5 Å². The van der Waals surface area contributed by atoms with Gasteiger partial charge in [0.05, 0.1) is 11.2 Å². The van der Waals surface area contributed by atoms with Gasteiger partial charge in [-0.25, -0.2) is 0 Å². The molecule has 1 fully saturated rings. The van der Waals surface area contributed by atoms with Gasteiger partial charge in [0.25, 0.3) is 0 Å². The molecule has 0 spiro atoms. The Morgan fingerprint density at radius 1 is 1.00 bits per heavy atom. The monoisotopic (exact) mass is 270 g/mol. The van der Waals surface area contributed by atoms with Crippen LogP contribution in [0.25, 0.3) is 0 Å². The van der Waals surface area contributed by atoms with Crippen molar-refractivity contribution in [2.75, 3.05) is 18.1 Å². The van der Waals surface area contributed by atoms with Crippen LogP contribution in [0.15, 0.2) is 0 Å². The quantitative estimate of drug-likeness (QED) is 0.420. The summed E-state index contributed by atoms with van der Waals surface area (Å²) in [5.41, 5.74) is 0. The summed E-state index contributed by atoms with van der Waals surface area (Å²) in [6.45, 7) is -0.643. The zero-order valence-electron chi connectivity index (χ0n) is 8.77. The summed E-state index contributed by atoms with van der Waals surface area (Å²) in [4.78, 5) is 0. The summed E-state index contributed by atoms with van der Waals surface area (Å²) in [7, 11) is 0. The lowest BCUT2D eigenvalue weighted by molar-refractivity contribution is -0.111. The molecule has 0 aromatic carbocycles. The van der Waals surface area contributed by atoms with E-state index in [9.17, 15) is 15.3 Å². The van der Waals surface area contributed by atoms with Gasteiger partial charge in [0, 0.05) is 0 Å². The Morgan fingerprint density at radius 2 is 1.56 bits per heavy atom. The third-order valence-corrected chi connectivity index (χ3v) is 5.49. The second-order valence-corrected chi connectivity index (χ2v) is 6.48. The van der Waals surface area contributed by atoms with Gasteiger partial charge in [-0.3, -0.25) is 0 Å². The van der Waals surface area contributed by atoms with Gasteiger partial charge in [-0.2, -0.15) is 0 Å². The first-order valence-electron chi connectivity index (χ1n) is 5.14. The SMILES string of the molecule is OC[C@H](O)[C@@H](O)[C@H](O)[C@H](O)C1SCCCS1. The lowest BCUT2D eigenvalue weighted by Crippen LogP contribution is -2.49. The van der Waals surface area contributed by atoms with Crippen molar-refractivity contribution in [2.45, 2.75) is 35.4 Å². The van der Waals surface area contributed by atoms with Crippen molar-refractivity contribution in [3.8, 4) is 0 Å². The van der Waals surface area contributed by atoms with Crippen LogP contribution in [0.3, 0.4) is 0 Å². The molecule has 0 aliphatic carbocycles. The van der Waals surface area contributed by atoms with Gasteiger partial charge in [0.15, 0.2) is 0 Å². The van der Waals surface area contributed by atoms with Crippen molar-refractivity contribution >= 4 is 23.5 Å². The summed E-state index contributed by atoms with van der Waals surface area (Å²) >= 11 is 3.07. The van der Waals surface area contributed by atoms with Crippen LogP contribution in [0, 0.1) is 0 Å². The van der Waals surface area contributed by atoms with E-state index in [-0.39, 0.29) is 4.58 Å². The maximum Gasteiger partial charge on any atom is 0.111 e. The minimum Gasteiger partial charge on any atom is -0.394 e. The lowest BCUT2D eigenvalue weighted by Gasteiger charge is -2.32. The van der Waals surface area contributed by atoms with E-state index >= 15 is 0 Å². The lowest BCUT2D eigenvalue weighted by atomic mass is 10.0. The Kier molecular flexibility index (Phi) is 6.42. The van der Waals surface area contributed by atoms with Crippen molar-refractivity contribution in [1.29, 1.82) is 0 Å². The van der Waals surface area contributed by atoms with Gasteiger partial charge in [-0.1, -0.05) is 0 Å². The highest BCUT2D eigenvalue weighted by Gasteiger charge is 2.35. The van der Waals surface area contributed by atoms with Gasteiger partial charge < -0.3 is 25.5 Å². The van der Waals surface area contributed by atoms with E-state index in [1.54, 1.807) is 0 Å². The third-order valence-electron chi connectivity index (χ3n) is 2.41. The minimum atomic E-state index is -1.52. The summed E-state index contributed by atoms with van der Waals surface area (Å²) in [6.07, 6.45) is -4.43. The molecule has 7 heteroatoms. The van der Waals surface area contributed by atoms with Crippen LogP contribution < -0.4 is 0 Å². The van der Waals surface area contributed by atoms with Crippen LogP contribution in [0.1, 0.15) is 6.42 Å². The Hall–Kier alpha value is 0.500. The molecule has 0 unspecified atom stereocenters. The number of hydrogen-bond acceptors (Lipinski definition) is 7. The van der Waals surface area contributed by atoms with Crippen LogP contribution in [0.4, 0.5) is 0 Å². The number of aliphatic hydroxyl groups is 5. The molecule has 1 heterocycles. The molecule has 0 amide bonds.